The summed E-state index contributed by atoms with van der Waals surface area (Å²) >= 11 is 0. The average Bonchev–Trinajstić information content (AvgIpc) is 3.36. The molecule has 9 nitrogen and oxygen atoms in total. The summed E-state index contributed by atoms with van der Waals surface area (Å²) < 4.78 is 11.6. The number of nitrogens with zero attached hydrogens (tertiary/aromatic N) is 3. The molecule has 0 atom stereocenters. The predicted molar refractivity (Wildman–Crippen MR) is 117 cm³/mol. The number of benzene rings is 2. The molecule has 1 fully saturated rings. The van der Waals surface area contributed by atoms with Gasteiger partial charge >= 0.3 is 6.09 Å². The van der Waals surface area contributed by atoms with Crippen LogP contribution >= 0.6 is 0 Å². The summed E-state index contributed by atoms with van der Waals surface area (Å²) in [5, 5.41) is 17.3. The van der Waals surface area contributed by atoms with Crippen LogP contribution in [0.1, 0.15) is 21.6 Å². The molecule has 1 saturated heterocycles. The molecular formula is C23H22N4O5. The summed E-state index contributed by atoms with van der Waals surface area (Å²) in [6, 6.07) is 11.2. The van der Waals surface area contributed by atoms with Gasteiger partial charge in [0.2, 0.25) is 5.78 Å². The SMILES string of the molecule is COc1ccc2c(c1CN1CCN(C(=O)O)CC1)OC(=Cc1n[nH]c3ccccc13)C2=O. The number of piperazine rings is 1. The number of para-hydroxylation sites is 1. The summed E-state index contributed by atoms with van der Waals surface area (Å²) in [6.07, 6.45) is 0.751. The number of hydrogen-bond acceptors (Lipinski definition) is 6. The highest BCUT2D eigenvalue weighted by Gasteiger charge is 2.33. The molecule has 0 saturated carbocycles. The Labute approximate surface area is 183 Å². The molecule has 9 heteroatoms. The molecule has 1 amide bonds. The van der Waals surface area contributed by atoms with Crippen LogP contribution in [0.3, 0.4) is 0 Å². The third-order valence-corrected chi connectivity index (χ3v) is 5.91. The highest BCUT2D eigenvalue weighted by Crippen LogP contribution is 2.40. The van der Waals surface area contributed by atoms with E-state index in [9.17, 15) is 9.59 Å². The van der Waals surface area contributed by atoms with Crippen LogP contribution in [0.25, 0.3) is 17.0 Å². The number of allylic oxidation sites excluding steroid dienone is 1. The molecule has 2 aromatic carbocycles. The van der Waals surface area contributed by atoms with Crippen LogP contribution in [0.5, 0.6) is 11.5 Å². The Morgan fingerprint density at radius 2 is 2.00 bits per heavy atom. The minimum Gasteiger partial charge on any atom is -0.496 e. The Hall–Kier alpha value is -3.85. The maximum Gasteiger partial charge on any atom is 0.407 e. The van der Waals surface area contributed by atoms with E-state index in [-0.39, 0.29) is 11.5 Å². The lowest BCUT2D eigenvalue weighted by atomic mass is 10.0. The van der Waals surface area contributed by atoms with Gasteiger partial charge in [0.1, 0.15) is 11.5 Å². The van der Waals surface area contributed by atoms with Gasteiger partial charge in [0, 0.05) is 44.2 Å². The van der Waals surface area contributed by atoms with E-state index in [0.29, 0.717) is 55.5 Å². The van der Waals surface area contributed by atoms with E-state index in [2.05, 4.69) is 15.1 Å². The van der Waals surface area contributed by atoms with Crippen LogP contribution in [-0.2, 0) is 6.54 Å². The summed E-state index contributed by atoms with van der Waals surface area (Å²) in [5.74, 6) is 1.12. The maximum atomic E-state index is 13.1. The van der Waals surface area contributed by atoms with Crippen molar-refractivity contribution in [3.63, 3.8) is 0 Å². The molecular weight excluding hydrogens is 412 g/mol. The Morgan fingerprint density at radius 1 is 1.22 bits per heavy atom. The number of amides is 1. The zero-order chi connectivity index (χ0) is 22.2. The first-order chi connectivity index (χ1) is 15.5. The summed E-state index contributed by atoms with van der Waals surface area (Å²) in [6.45, 7) is 2.55. The summed E-state index contributed by atoms with van der Waals surface area (Å²) in [7, 11) is 1.58. The van der Waals surface area contributed by atoms with Gasteiger partial charge < -0.3 is 19.5 Å². The van der Waals surface area contributed by atoms with Gasteiger partial charge in [0.15, 0.2) is 5.76 Å². The first-order valence-electron chi connectivity index (χ1n) is 10.3. The van der Waals surface area contributed by atoms with E-state index in [1.54, 1.807) is 25.3 Å². The number of rotatable bonds is 4. The van der Waals surface area contributed by atoms with Crippen LogP contribution < -0.4 is 9.47 Å². The topological polar surface area (TPSA) is 108 Å². The molecule has 0 unspecified atom stereocenters. The fourth-order valence-electron chi connectivity index (χ4n) is 4.17. The number of Topliss-reactive ketones (excluding diaryl/α,β-unsaturated/α-hetero) is 1. The fraction of sp³-hybridized carbons (Fsp3) is 0.261. The number of nitrogens with one attached hydrogen (secondary N) is 1. The van der Waals surface area contributed by atoms with Crippen molar-refractivity contribution in [2.75, 3.05) is 33.3 Å². The second-order valence-corrected chi connectivity index (χ2v) is 7.76. The first kappa shape index (κ1) is 20.1. The minimum atomic E-state index is -0.905. The maximum absolute atomic E-state index is 13.1. The van der Waals surface area contributed by atoms with Crippen molar-refractivity contribution in [3.8, 4) is 11.5 Å². The fourth-order valence-corrected chi connectivity index (χ4v) is 4.17. The van der Waals surface area contributed by atoms with E-state index < -0.39 is 6.09 Å². The van der Waals surface area contributed by atoms with Crippen LogP contribution in [0, 0.1) is 0 Å². The molecule has 32 heavy (non-hydrogen) atoms. The van der Waals surface area contributed by atoms with Gasteiger partial charge in [-0.25, -0.2) is 4.79 Å². The van der Waals surface area contributed by atoms with Crippen LogP contribution in [0.15, 0.2) is 42.2 Å². The van der Waals surface area contributed by atoms with Crippen molar-refractivity contribution in [1.82, 2.24) is 20.0 Å². The first-order valence-corrected chi connectivity index (χ1v) is 10.3. The number of ketones is 1. The number of H-pyrrole nitrogens is 1. The molecule has 3 heterocycles. The number of aromatic nitrogens is 2. The molecule has 2 N–H and O–H groups in total. The monoisotopic (exact) mass is 434 g/mol. The lowest BCUT2D eigenvalue weighted by molar-refractivity contribution is 0.101. The van der Waals surface area contributed by atoms with Gasteiger partial charge in [-0.15, -0.1) is 0 Å². The second-order valence-electron chi connectivity index (χ2n) is 7.76. The number of aromatic amines is 1. The van der Waals surface area contributed by atoms with Crippen molar-refractivity contribution >= 4 is 28.9 Å². The normalized spacial score (nSPS) is 17.6. The van der Waals surface area contributed by atoms with Gasteiger partial charge in [-0.1, -0.05) is 18.2 Å². The van der Waals surface area contributed by atoms with E-state index in [4.69, 9.17) is 14.6 Å². The Bertz CT molecular complexity index is 1240. The van der Waals surface area contributed by atoms with E-state index >= 15 is 0 Å². The van der Waals surface area contributed by atoms with E-state index in [0.717, 1.165) is 16.5 Å². The quantitative estimate of drug-likeness (QED) is 0.608. The standard InChI is InChI=1S/C23H22N4O5/c1-31-19-7-6-15-21(28)20(12-18-14-4-2-3-5-17(14)24-25-18)32-22(15)16(19)13-26-8-10-27(11-9-26)23(29)30/h2-7,12H,8-11,13H2,1H3,(H,24,25)(H,29,30). The Morgan fingerprint density at radius 3 is 2.75 bits per heavy atom. The number of hydrogen-bond donors (Lipinski definition) is 2. The molecule has 164 valence electrons. The third kappa shape index (κ3) is 3.46. The molecule has 0 spiro atoms. The number of fused-ring (bicyclic) bond motifs is 2. The third-order valence-electron chi connectivity index (χ3n) is 5.91. The van der Waals surface area contributed by atoms with Crippen molar-refractivity contribution in [2.24, 2.45) is 0 Å². The lowest BCUT2D eigenvalue weighted by Crippen LogP contribution is -2.47. The Kier molecular flexibility index (Phi) is 5.02. The van der Waals surface area contributed by atoms with Gasteiger partial charge in [0.25, 0.3) is 0 Å². The van der Waals surface area contributed by atoms with Crippen molar-refractivity contribution < 1.29 is 24.2 Å². The predicted octanol–water partition coefficient (Wildman–Crippen LogP) is 2.98. The van der Waals surface area contributed by atoms with Gasteiger partial charge in [-0.2, -0.15) is 5.10 Å². The molecule has 1 aromatic heterocycles. The summed E-state index contributed by atoms with van der Waals surface area (Å²) in [4.78, 5) is 27.8. The van der Waals surface area contributed by atoms with Gasteiger partial charge in [0.05, 0.1) is 29.4 Å². The molecule has 0 aliphatic carbocycles. The smallest absolute Gasteiger partial charge is 0.407 e. The number of methoxy groups -OCH3 is 1. The number of carbonyl (C=O) groups is 2. The zero-order valence-electron chi connectivity index (χ0n) is 17.5. The van der Waals surface area contributed by atoms with Crippen molar-refractivity contribution in [2.45, 2.75) is 6.54 Å². The average molecular weight is 434 g/mol. The van der Waals surface area contributed by atoms with Crippen LogP contribution in [0.4, 0.5) is 4.79 Å². The molecule has 2 aliphatic heterocycles. The molecule has 0 radical (unpaired) electrons. The number of carbonyl (C=O) groups excluding carboxylic acids is 1. The lowest BCUT2D eigenvalue weighted by Gasteiger charge is -2.33. The second kappa shape index (κ2) is 8.01. The summed E-state index contributed by atoms with van der Waals surface area (Å²) in [5.41, 5.74) is 2.77. The van der Waals surface area contributed by atoms with Gasteiger partial charge in [-0.3, -0.25) is 14.8 Å². The molecule has 2 aliphatic rings. The van der Waals surface area contributed by atoms with Crippen molar-refractivity contribution in [1.29, 1.82) is 0 Å². The van der Waals surface area contributed by atoms with Gasteiger partial charge in [-0.05, 0) is 18.2 Å². The highest BCUT2D eigenvalue weighted by atomic mass is 16.5. The van der Waals surface area contributed by atoms with E-state index in [1.807, 2.05) is 24.3 Å². The van der Waals surface area contributed by atoms with Crippen molar-refractivity contribution in [3.05, 3.63) is 59.0 Å². The number of ether oxygens (including phenoxy) is 2. The van der Waals surface area contributed by atoms with Crippen LogP contribution in [0.2, 0.25) is 0 Å². The Balaban J connectivity index is 1.44. The highest BCUT2D eigenvalue weighted by molar-refractivity contribution is 6.15. The van der Waals surface area contributed by atoms with Crippen LogP contribution in [-0.4, -0.2) is 70.3 Å². The molecule has 3 aromatic rings. The number of carboxylic acid groups (broad SMARTS) is 1. The van der Waals surface area contributed by atoms with E-state index in [1.165, 1.54) is 4.90 Å². The molecule has 0 bridgehead atoms. The molecule has 5 rings (SSSR count). The minimum absolute atomic E-state index is 0.202. The zero-order valence-corrected chi connectivity index (χ0v) is 17.5. The largest absolute Gasteiger partial charge is 0.496 e.